The lowest BCUT2D eigenvalue weighted by Gasteiger charge is -2.14. The van der Waals surface area contributed by atoms with Crippen molar-refractivity contribution in [1.82, 2.24) is 14.9 Å². The van der Waals surface area contributed by atoms with E-state index in [0.717, 1.165) is 60.6 Å². The maximum Gasteiger partial charge on any atom is 0.310 e. The molecule has 2 rings (SSSR count). The van der Waals surface area contributed by atoms with Crippen LogP contribution in [0.2, 0.25) is 0 Å². The third kappa shape index (κ3) is 9.22. The fourth-order valence-corrected chi connectivity index (χ4v) is 3.47. The van der Waals surface area contributed by atoms with Crippen LogP contribution >= 0.6 is 0 Å². The van der Waals surface area contributed by atoms with Crippen molar-refractivity contribution in [2.45, 2.75) is 58.8 Å². The predicted octanol–water partition coefficient (Wildman–Crippen LogP) is 3.99. The average molecular weight is 442 g/mol. The number of ether oxygens (including phenoxy) is 1. The van der Waals surface area contributed by atoms with Crippen LogP contribution in [0.1, 0.15) is 61.4 Å². The summed E-state index contributed by atoms with van der Waals surface area (Å²) >= 11 is 0. The number of nitrogen functional groups attached to an aromatic ring is 1. The molecule has 1 aromatic heterocycles. The Bertz CT molecular complexity index is 837. The van der Waals surface area contributed by atoms with Crippen molar-refractivity contribution in [1.29, 1.82) is 0 Å². The molecule has 2 aromatic rings. The molecule has 7 heteroatoms. The summed E-state index contributed by atoms with van der Waals surface area (Å²) in [5.41, 5.74) is 9.91. The number of carbonyl (C=O) groups is 1. The highest BCUT2D eigenvalue weighted by molar-refractivity contribution is 5.72. The van der Waals surface area contributed by atoms with Gasteiger partial charge in [0.05, 0.1) is 13.0 Å². The molecule has 7 nitrogen and oxygen atoms in total. The molecular formula is C25H39N5O2. The molecule has 0 fully saturated rings. The molecule has 0 aliphatic carbocycles. The second kappa shape index (κ2) is 13.7. The van der Waals surface area contributed by atoms with E-state index in [4.69, 9.17) is 10.5 Å². The number of anilines is 2. The normalized spacial score (nSPS) is 11.0. The summed E-state index contributed by atoms with van der Waals surface area (Å²) in [5.74, 6) is 0.928. The Labute approximate surface area is 192 Å². The number of hydrogen-bond donors (Lipinski definition) is 2. The van der Waals surface area contributed by atoms with E-state index in [9.17, 15) is 4.79 Å². The number of nitrogens with one attached hydrogen (secondary N) is 1. The summed E-state index contributed by atoms with van der Waals surface area (Å²) in [6.07, 6.45) is 6.37. The lowest BCUT2D eigenvalue weighted by molar-refractivity contribution is -0.142. The molecule has 0 unspecified atom stereocenters. The summed E-state index contributed by atoms with van der Waals surface area (Å²) in [4.78, 5) is 23.0. The Hall–Kier alpha value is -2.67. The lowest BCUT2D eigenvalue weighted by Crippen LogP contribution is -2.14. The molecule has 1 heterocycles. The molecule has 1 aromatic carbocycles. The van der Waals surface area contributed by atoms with Gasteiger partial charge in [-0.15, -0.1) is 0 Å². The first kappa shape index (κ1) is 25.6. The molecule has 0 bridgehead atoms. The number of aryl methyl sites for hydroxylation is 1. The van der Waals surface area contributed by atoms with Crippen molar-refractivity contribution in [3.8, 4) is 0 Å². The van der Waals surface area contributed by atoms with Crippen LogP contribution in [0.3, 0.4) is 0 Å². The van der Waals surface area contributed by atoms with E-state index in [1.54, 1.807) is 0 Å². The Morgan fingerprint density at radius 2 is 1.78 bits per heavy atom. The number of unbranched alkanes of at least 4 members (excludes halogenated alkanes) is 3. The van der Waals surface area contributed by atoms with Crippen molar-refractivity contribution in [2.75, 3.05) is 44.8 Å². The van der Waals surface area contributed by atoms with E-state index >= 15 is 0 Å². The molecular weight excluding hydrogens is 402 g/mol. The van der Waals surface area contributed by atoms with Gasteiger partial charge in [-0.2, -0.15) is 4.98 Å². The molecule has 32 heavy (non-hydrogen) atoms. The van der Waals surface area contributed by atoms with Crippen molar-refractivity contribution in [2.24, 2.45) is 0 Å². The molecule has 0 saturated carbocycles. The highest BCUT2D eigenvalue weighted by Gasteiger charge is 2.12. The molecule has 0 spiro atoms. The fourth-order valence-electron chi connectivity index (χ4n) is 3.47. The van der Waals surface area contributed by atoms with E-state index in [-0.39, 0.29) is 5.97 Å². The highest BCUT2D eigenvalue weighted by Crippen LogP contribution is 2.22. The van der Waals surface area contributed by atoms with Crippen molar-refractivity contribution < 1.29 is 9.53 Å². The second-order valence-corrected chi connectivity index (χ2v) is 8.53. The van der Waals surface area contributed by atoms with E-state index in [1.165, 1.54) is 12.8 Å². The summed E-state index contributed by atoms with van der Waals surface area (Å²) in [7, 11) is 4.09. The topological polar surface area (TPSA) is 93.4 Å². The molecule has 3 N–H and O–H groups in total. The number of nitrogens with zero attached hydrogens (tertiary/aromatic N) is 3. The SMILES string of the molecule is CCCCCNc1nc(N)nc(C)c1Cc1ccc(CC(=O)OCCCCN(C)C)cc1. The van der Waals surface area contributed by atoms with Crippen LogP contribution < -0.4 is 11.1 Å². The molecule has 0 radical (unpaired) electrons. The summed E-state index contributed by atoms with van der Waals surface area (Å²) in [6, 6.07) is 8.08. The summed E-state index contributed by atoms with van der Waals surface area (Å²) in [5, 5.41) is 3.43. The van der Waals surface area contributed by atoms with Crippen LogP contribution in [0, 0.1) is 6.92 Å². The van der Waals surface area contributed by atoms with Gasteiger partial charge in [0.1, 0.15) is 5.82 Å². The second-order valence-electron chi connectivity index (χ2n) is 8.53. The highest BCUT2D eigenvalue weighted by atomic mass is 16.5. The third-order valence-electron chi connectivity index (χ3n) is 5.32. The van der Waals surface area contributed by atoms with Crippen molar-refractivity contribution in [3.05, 3.63) is 46.6 Å². The van der Waals surface area contributed by atoms with Crippen LogP contribution in [-0.4, -0.2) is 54.6 Å². The van der Waals surface area contributed by atoms with Gasteiger partial charge in [-0.1, -0.05) is 44.0 Å². The number of aromatic nitrogens is 2. The van der Waals surface area contributed by atoms with E-state index in [2.05, 4.69) is 39.2 Å². The zero-order valence-corrected chi connectivity index (χ0v) is 20.1. The number of hydrogen-bond acceptors (Lipinski definition) is 7. The van der Waals surface area contributed by atoms with Crippen LogP contribution in [0.4, 0.5) is 11.8 Å². The minimum absolute atomic E-state index is 0.177. The number of nitrogens with two attached hydrogens (primary N) is 1. The van der Waals surface area contributed by atoms with Crippen LogP contribution in [0.15, 0.2) is 24.3 Å². The largest absolute Gasteiger partial charge is 0.465 e. The Morgan fingerprint density at radius 3 is 2.47 bits per heavy atom. The number of esters is 1. The van der Waals surface area contributed by atoms with Gasteiger partial charge < -0.3 is 20.7 Å². The van der Waals surface area contributed by atoms with Crippen LogP contribution in [0.25, 0.3) is 0 Å². The Morgan fingerprint density at radius 1 is 1.06 bits per heavy atom. The minimum Gasteiger partial charge on any atom is -0.465 e. The zero-order valence-electron chi connectivity index (χ0n) is 20.1. The predicted molar refractivity (Wildman–Crippen MR) is 131 cm³/mol. The van der Waals surface area contributed by atoms with Crippen LogP contribution in [0.5, 0.6) is 0 Å². The first-order chi connectivity index (χ1) is 15.4. The summed E-state index contributed by atoms with van der Waals surface area (Å²) < 4.78 is 5.36. The van der Waals surface area contributed by atoms with Crippen molar-refractivity contribution in [3.63, 3.8) is 0 Å². The maximum absolute atomic E-state index is 12.1. The molecule has 0 amide bonds. The van der Waals surface area contributed by atoms with Gasteiger partial charge in [-0.3, -0.25) is 4.79 Å². The van der Waals surface area contributed by atoms with Gasteiger partial charge in [0.25, 0.3) is 0 Å². The van der Waals surface area contributed by atoms with E-state index in [0.29, 0.717) is 25.4 Å². The number of benzene rings is 1. The van der Waals surface area contributed by atoms with Gasteiger partial charge in [-0.05, 0) is 58.0 Å². The molecule has 0 aliphatic rings. The van der Waals surface area contributed by atoms with E-state index in [1.807, 2.05) is 33.2 Å². The third-order valence-corrected chi connectivity index (χ3v) is 5.32. The summed E-state index contributed by atoms with van der Waals surface area (Å²) in [6.45, 7) is 6.51. The Kier molecular flexibility index (Phi) is 10.9. The average Bonchev–Trinajstić information content (AvgIpc) is 2.74. The standard InChI is InChI=1S/C25H39N5O2/c1-5-6-7-14-27-24-22(19(2)28-25(26)29-24)17-20-10-12-21(13-11-20)18-23(31)32-16-9-8-15-30(3)4/h10-13H,5-9,14-18H2,1-4H3,(H3,26,27,28,29). The molecule has 0 saturated heterocycles. The monoisotopic (exact) mass is 441 g/mol. The zero-order chi connectivity index (χ0) is 23.3. The smallest absolute Gasteiger partial charge is 0.310 e. The van der Waals surface area contributed by atoms with Gasteiger partial charge >= 0.3 is 5.97 Å². The van der Waals surface area contributed by atoms with Crippen molar-refractivity contribution >= 4 is 17.7 Å². The first-order valence-corrected chi connectivity index (χ1v) is 11.6. The van der Waals surface area contributed by atoms with Gasteiger partial charge in [0.15, 0.2) is 0 Å². The first-order valence-electron chi connectivity index (χ1n) is 11.6. The van der Waals surface area contributed by atoms with Gasteiger partial charge in [0, 0.05) is 24.2 Å². The molecule has 0 atom stereocenters. The fraction of sp³-hybridized carbons (Fsp3) is 0.560. The molecule has 176 valence electrons. The maximum atomic E-state index is 12.1. The number of rotatable bonds is 14. The van der Waals surface area contributed by atoms with Crippen LogP contribution in [-0.2, 0) is 22.4 Å². The van der Waals surface area contributed by atoms with Gasteiger partial charge in [-0.25, -0.2) is 4.98 Å². The lowest BCUT2D eigenvalue weighted by atomic mass is 10.0. The molecule has 0 aliphatic heterocycles. The van der Waals surface area contributed by atoms with E-state index < -0.39 is 0 Å². The van der Waals surface area contributed by atoms with Gasteiger partial charge in [0.2, 0.25) is 5.95 Å². The quantitative estimate of drug-likeness (QED) is 0.338. The minimum atomic E-state index is -0.177. The number of carbonyl (C=O) groups excluding carboxylic acids is 1. The Balaban J connectivity index is 1.91.